The minimum Gasteiger partial charge on any atom is -0.326 e. The van der Waals surface area contributed by atoms with Crippen LogP contribution in [0.2, 0.25) is 0 Å². The molecule has 1 amide bonds. The van der Waals surface area contributed by atoms with Crippen molar-refractivity contribution in [3.05, 3.63) is 27.7 Å². The zero-order chi connectivity index (χ0) is 14.0. The summed E-state index contributed by atoms with van der Waals surface area (Å²) >= 11 is 3.55. The van der Waals surface area contributed by atoms with Gasteiger partial charge in [0.25, 0.3) is 0 Å². The van der Waals surface area contributed by atoms with Crippen molar-refractivity contribution in [1.29, 1.82) is 0 Å². The largest absolute Gasteiger partial charge is 0.326 e. The molecule has 1 aliphatic rings. The Bertz CT molecular complexity index is 467. The summed E-state index contributed by atoms with van der Waals surface area (Å²) in [6, 6.07) is 4.06. The van der Waals surface area contributed by atoms with Crippen LogP contribution in [0.1, 0.15) is 50.2 Å². The number of rotatable bonds is 2. The quantitative estimate of drug-likeness (QED) is 0.817. The average Bonchev–Trinajstić information content (AvgIpc) is 2.36. The third kappa shape index (κ3) is 3.19. The zero-order valence-electron chi connectivity index (χ0n) is 12.0. The average molecular weight is 324 g/mol. The molecule has 3 heteroatoms. The number of carbonyl (C=O) groups is 1. The summed E-state index contributed by atoms with van der Waals surface area (Å²) in [6.07, 6.45) is 5.62. The van der Waals surface area contributed by atoms with Gasteiger partial charge in [0.1, 0.15) is 0 Å². The third-order valence-corrected chi connectivity index (χ3v) is 5.45. The summed E-state index contributed by atoms with van der Waals surface area (Å²) in [6.45, 7) is 6.20. The first kappa shape index (κ1) is 14.6. The molecule has 19 heavy (non-hydrogen) atoms. The predicted molar refractivity (Wildman–Crippen MR) is 83.4 cm³/mol. The second-order valence-electron chi connectivity index (χ2n) is 6.00. The van der Waals surface area contributed by atoms with E-state index in [4.69, 9.17) is 0 Å². The molecule has 0 unspecified atom stereocenters. The molecule has 1 fully saturated rings. The van der Waals surface area contributed by atoms with Crippen LogP contribution in [0.15, 0.2) is 16.6 Å². The number of anilines is 1. The van der Waals surface area contributed by atoms with Crippen molar-refractivity contribution in [3.63, 3.8) is 0 Å². The number of halogens is 1. The summed E-state index contributed by atoms with van der Waals surface area (Å²) in [7, 11) is 0. The molecule has 0 atom stereocenters. The Labute approximate surface area is 124 Å². The van der Waals surface area contributed by atoms with E-state index in [0.29, 0.717) is 0 Å². The van der Waals surface area contributed by atoms with Crippen LogP contribution < -0.4 is 5.32 Å². The Kier molecular flexibility index (Phi) is 4.34. The van der Waals surface area contributed by atoms with Crippen LogP contribution in [0.4, 0.5) is 5.69 Å². The SMILES string of the molecule is Cc1cc(NC(=O)C2(C)CCCCC2)cc(C)c1Br. The van der Waals surface area contributed by atoms with Crippen LogP contribution in [-0.2, 0) is 4.79 Å². The first-order valence-corrected chi connectivity index (χ1v) is 7.80. The fourth-order valence-corrected chi connectivity index (χ4v) is 3.09. The van der Waals surface area contributed by atoms with Gasteiger partial charge in [-0.25, -0.2) is 0 Å². The third-order valence-electron chi connectivity index (χ3n) is 4.20. The molecule has 0 aromatic heterocycles. The van der Waals surface area contributed by atoms with Gasteiger partial charge in [-0.05, 0) is 49.9 Å². The molecule has 0 heterocycles. The van der Waals surface area contributed by atoms with Gasteiger partial charge in [-0.2, -0.15) is 0 Å². The Morgan fingerprint density at radius 2 is 1.68 bits per heavy atom. The molecule has 2 nitrogen and oxygen atoms in total. The zero-order valence-corrected chi connectivity index (χ0v) is 13.6. The standard InChI is InChI=1S/C16H22BrNO/c1-11-9-13(10-12(2)14(11)17)18-15(19)16(3)7-5-4-6-8-16/h9-10H,4-8H2,1-3H3,(H,18,19). The molecule has 1 aromatic rings. The lowest BCUT2D eigenvalue weighted by Crippen LogP contribution is -2.35. The Balaban J connectivity index is 2.14. The predicted octanol–water partition coefficient (Wildman–Crippen LogP) is 4.97. The molecule has 1 aliphatic carbocycles. The van der Waals surface area contributed by atoms with Crippen molar-refractivity contribution in [1.82, 2.24) is 0 Å². The van der Waals surface area contributed by atoms with E-state index >= 15 is 0 Å². The fourth-order valence-electron chi connectivity index (χ4n) is 2.86. The highest BCUT2D eigenvalue weighted by molar-refractivity contribution is 9.10. The molecule has 1 aromatic carbocycles. The smallest absolute Gasteiger partial charge is 0.230 e. The van der Waals surface area contributed by atoms with Crippen LogP contribution in [0.25, 0.3) is 0 Å². The second-order valence-corrected chi connectivity index (χ2v) is 6.79. The van der Waals surface area contributed by atoms with Crippen LogP contribution >= 0.6 is 15.9 Å². The van der Waals surface area contributed by atoms with E-state index in [9.17, 15) is 4.79 Å². The second kappa shape index (κ2) is 5.66. The van der Waals surface area contributed by atoms with Crippen molar-refractivity contribution in [2.24, 2.45) is 5.41 Å². The fraction of sp³-hybridized carbons (Fsp3) is 0.562. The first-order chi connectivity index (χ1) is 8.92. The van der Waals surface area contributed by atoms with Gasteiger partial charge in [-0.15, -0.1) is 0 Å². The molecular formula is C16H22BrNO. The lowest BCUT2D eigenvalue weighted by Gasteiger charge is -2.32. The summed E-state index contributed by atoms with van der Waals surface area (Å²) in [5.41, 5.74) is 3.04. The lowest BCUT2D eigenvalue weighted by atomic mass is 9.75. The molecule has 0 bridgehead atoms. The number of hydrogen-bond donors (Lipinski definition) is 1. The molecule has 2 rings (SSSR count). The molecule has 0 aliphatic heterocycles. The minimum absolute atomic E-state index is 0.174. The summed E-state index contributed by atoms with van der Waals surface area (Å²) in [4.78, 5) is 12.5. The van der Waals surface area contributed by atoms with E-state index in [0.717, 1.165) is 34.1 Å². The number of nitrogens with one attached hydrogen (secondary N) is 1. The van der Waals surface area contributed by atoms with Gasteiger partial charge in [-0.3, -0.25) is 4.79 Å². The van der Waals surface area contributed by atoms with Crippen molar-refractivity contribution in [3.8, 4) is 0 Å². The molecule has 0 saturated heterocycles. The normalized spacial score (nSPS) is 18.1. The number of amides is 1. The maximum Gasteiger partial charge on any atom is 0.230 e. The summed E-state index contributed by atoms with van der Waals surface area (Å²) < 4.78 is 1.12. The summed E-state index contributed by atoms with van der Waals surface area (Å²) in [5.74, 6) is 0.174. The van der Waals surface area contributed by atoms with Crippen LogP contribution in [0.5, 0.6) is 0 Å². The highest BCUT2D eigenvalue weighted by Gasteiger charge is 2.34. The van der Waals surface area contributed by atoms with Gasteiger partial charge in [-0.1, -0.05) is 42.1 Å². The van der Waals surface area contributed by atoms with Crippen LogP contribution in [-0.4, -0.2) is 5.91 Å². The van der Waals surface area contributed by atoms with Gasteiger partial charge in [0.15, 0.2) is 0 Å². The first-order valence-electron chi connectivity index (χ1n) is 7.00. The molecule has 1 N–H and O–H groups in total. The van der Waals surface area contributed by atoms with Gasteiger partial charge in [0.05, 0.1) is 0 Å². The molecule has 0 radical (unpaired) electrons. The van der Waals surface area contributed by atoms with Gasteiger partial charge < -0.3 is 5.32 Å². The van der Waals surface area contributed by atoms with Crippen molar-refractivity contribution in [2.45, 2.75) is 52.9 Å². The van der Waals surface area contributed by atoms with Gasteiger partial charge in [0, 0.05) is 15.6 Å². The number of aryl methyl sites for hydroxylation is 2. The maximum absolute atomic E-state index is 12.5. The van der Waals surface area contributed by atoms with E-state index < -0.39 is 0 Å². The Hall–Kier alpha value is -0.830. The molecule has 0 spiro atoms. The molecular weight excluding hydrogens is 302 g/mol. The summed E-state index contributed by atoms with van der Waals surface area (Å²) in [5, 5.41) is 3.10. The van der Waals surface area contributed by atoms with E-state index in [2.05, 4.69) is 42.0 Å². The van der Waals surface area contributed by atoms with Crippen LogP contribution in [0.3, 0.4) is 0 Å². The van der Waals surface area contributed by atoms with Gasteiger partial charge in [0.2, 0.25) is 5.91 Å². The Morgan fingerprint density at radius 1 is 1.16 bits per heavy atom. The van der Waals surface area contributed by atoms with E-state index in [1.165, 1.54) is 19.3 Å². The number of hydrogen-bond acceptors (Lipinski definition) is 1. The highest BCUT2D eigenvalue weighted by atomic mass is 79.9. The van der Waals surface area contributed by atoms with E-state index in [1.807, 2.05) is 12.1 Å². The lowest BCUT2D eigenvalue weighted by molar-refractivity contribution is -0.126. The number of benzene rings is 1. The Morgan fingerprint density at radius 3 is 2.21 bits per heavy atom. The van der Waals surface area contributed by atoms with Crippen molar-refractivity contribution >= 4 is 27.5 Å². The van der Waals surface area contributed by atoms with Gasteiger partial charge >= 0.3 is 0 Å². The minimum atomic E-state index is -0.187. The van der Waals surface area contributed by atoms with Crippen LogP contribution in [0, 0.1) is 19.3 Å². The maximum atomic E-state index is 12.5. The molecule has 1 saturated carbocycles. The van der Waals surface area contributed by atoms with Crippen molar-refractivity contribution < 1.29 is 4.79 Å². The van der Waals surface area contributed by atoms with E-state index in [1.54, 1.807) is 0 Å². The molecule has 104 valence electrons. The van der Waals surface area contributed by atoms with Crippen molar-refractivity contribution in [2.75, 3.05) is 5.32 Å². The number of carbonyl (C=O) groups excluding carboxylic acids is 1. The van der Waals surface area contributed by atoms with E-state index in [-0.39, 0.29) is 11.3 Å². The monoisotopic (exact) mass is 323 g/mol. The topological polar surface area (TPSA) is 29.1 Å². The highest BCUT2D eigenvalue weighted by Crippen LogP contribution is 2.37.